The summed E-state index contributed by atoms with van der Waals surface area (Å²) >= 11 is 0. The summed E-state index contributed by atoms with van der Waals surface area (Å²) in [6.07, 6.45) is 0.595. The number of hydrazone groups is 1. The van der Waals surface area contributed by atoms with E-state index >= 15 is 0 Å². The number of benzene rings is 1. The second-order valence-corrected chi connectivity index (χ2v) is 6.90. The molecule has 0 unspecified atom stereocenters. The van der Waals surface area contributed by atoms with Crippen LogP contribution in [0.1, 0.15) is 24.4 Å². The maximum atomic E-state index is 12.7. The third-order valence-electron chi connectivity index (χ3n) is 5.00. The Morgan fingerprint density at radius 2 is 2.00 bits per heavy atom. The van der Waals surface area contributed by atoms with Gasteiger partial charge in [0.25, 0.3) is 5.91 Å². The zero-order chi connectivity index (χ0) is 18.7. The molecule has 0 saturated carbocycles. The van der Waals surface area contributed by atoms with Gasteiger partial charge in [0.2, 0.25) is 5.91 Å². The molecule has 0 N–H and O–H groups in total. The van der Waals surface area contributed by atoms with Crippen molar-refractivity contribution in [3.05, 3.63) is 35.9 Å². The van der Waals surface area contributed by atoms with Crippen LogP contribution in [0.3, 0.4) is 0 Å². The topological polar surface area (TPSA) is 65.5 Å². The van der Waals surface area contributed by atoms with Crippen molar-refractivity contribution < 1.29 is 14.3 Å². The lowest BCUT2D eigenvalue weighted by Crippen LogP contribution is -2.50. The number of morpholine rings is 1. The van der Waals surface area contributed by atoms with Crippen LogP contribution in [-0.2, 0) is 14.3 Å². The van der Waals surface area contributed by atoms with E-state index in [2.05, 4.69) is 29.2 Å². The highest BCUT2D eigenvalue weighted by Gasteiger charge is 2.34. The molecule has 7 heteroatoms. The monoisotopic (exact) mass is 358 g/mol. The molecule has 2 amide bonds. The quantitative estimate of drug-likeness (QED) is 0.809. The van der Waals surface area contributed by atoms with Crippen LogP contribution in [0.2, 0.25) is 0 Å². The normalized spacial score (nSPS) is 24.3. The largest absolute Gasteiger partial charge is 0.373 e. The number of carbonyl (C=O) groups excluding carboxylic acids is 2. The van der Waals surface area contributed by atoms with Crippen LogP contribution in [0, 0.1) is 0 Å². The first-order chi connectivity index (χ1) is 12.5. The van der Waals surface area contributed by atoms with Gasteiger partial charge >= 0.3 is 0 Å². The van der Waals surface area contributed by atoms with Gasteiger partial charge in [-0.3, -0.25) is 14.5 Å². The molecule has 2 heterocycles. The van der Waals surface area contributed by atoms with E-state index in [4.69, 9.17) is 4.74 Å². The van der Waals surface area contributed by atoms with Crippen molar-refractivity contribution in [3.8, 4) is 0 Å². The predicted molar refractivity (Wildman–Crippen MR) is 98.6 cm³/mol. The Morgan fingerprint density at radius 3 is 2.69 bits per heavy atom. The number of hydrogen-bond acceptors (Lipinski definition) is 5. The van der Waals surface area contributed by atoms with Crippen molar-refractivity contribution in [1.29, 1.82) is 0 Å². The van der Waals surface area contributed by atoms with Crippen molar-refractivity contribution in [1.82, 2.24) is 14.8 Å². The molecule has 140 valence electrons. The van der Waals surface area contributed by atoms with Crippen molar-refractivity contribution in [2.24, 2.45) is 5.10 Å². The van der Waals surface area contributed by atoms with Gasteiger partial charge < -0.3 is 9.64 Å². The van der Waals surface area contributed by atoms with E-state index in [1.165, 1.54) is 10.6 Å². The minimum Gasteiger partial charge on any atom is -0.373 e. The predicted octanol–water partition coefficient (Wildman–Crippen LogP) is 1.12. The summed E-state index contributed by atoms with van der Waals surface area (Å²) in [6.45, 7) is 1.97. The molecular formula is C19H26N4O3. The van der Waals surface area contributed by atoms with E-state index in [-0.39, 0.29) is 24.0 Å². The highest BCUT2D eigenvalue weighted by molar-refractivity contribution is 6.39. The lowest BCUT2D eigenvalue weighted by molar-refractivity contribution is -0.131. The molecule has 2 atom stereocenters. The smallest absolute Gasteiger partial charge is 0.269 e. The number of ether oxygens (including phenoxy) is 1. The van der Waals surface area contributed by atoms with Crippen molar-refractivity contribution >= 4 is 17.5 Å². The van der Waals surface area contributed by atoms with E-state index < -0.39 is 0 Å². The fourth-order valence-corrected chi connectivity index (χ4v) is 3.53. The molecule has 1 aromatic rings. The molecule has 1 fully saturated rings. The molecule has 0 aromatic heterocycles. The van der Waals surface area contributed by atoms with Crippen molar-refractivity contribution in [2.45, 2.75) is 25.0 Å². The summed E-state index contributed by atoms with van der Waals surface area (Å²) in [6, 6.07) is 10.3. The fraction of sp³-hybridized carbons (Fsp3) is 0.526. The van der Waals surface area contributed by atoms with E-state index in [1.807, 2.05) is 18.2 Å². The van der Waals surface area contributed by atoms with Crippen LogP contribution in [0.25, 0.3) is 0 Å². The van der Waals surface area contributed by atoms with Crippen LogP contribution in [0.4, 0.5) is 0 Å². The second-order valence-electron chi connectivity index (χ2n) is 6.90. The summed E-state index contributed by atoms with van der Waals surface area (Å²) in [5.74, 6) is -0.210. The third kappa shape index (κ3) is 3.94. The minimum atomic E-state index is -0.145. The number of hydrogen-bond donors (Lipinski definition) is 0. The Bertz CT molecular complexity index is 691. The first-order valence-corrected chi connectivity index (χ1v) is 8.93. The number of likely N-dealkylation sites (N-methyl/N-ethyl adjacent to an activating group) is 2. The third-order valence-corrected chi connectivity index (χ3v) is 5.00. The van der Waals surface area contributed by atoms with Crippen LogP contribution < -0.4 is 0 Å². The van der Waals surface area contributed by atoms with E-state index in [0.29, 0.717) is 31.7 Å². The van der Waals surface area contributed by atoms with Gasteiger partial charge in [0.05, 0.1) is 18.8 Å². The van der Waals surface area contributed by atoms with Crippen LogP contribution in [0.15, 0.2) is 35.4 Å². The van der Waals surface area contributed by atoms with Crippen molar-refractivity contribution in [2.75, 3.05) is 40.8 Å². The number of rotatable bonds is 4. The van der Waals surface area contributed by atoms with Crippen LogP contribution in [0.5, 0.6) is 0 Å². The number of carbonyl (C=O) groups is 2. The molecule has 0 spiro atoms. The molecule has 26 heavy (non-hydrogen) atoms. The van der Waals surface area contributed by atoms with Gasteiger partial charge in [-0.25, -0.2) is 5.01 Å². The molecule has 2 aliphatic rings. The molecule has 1 saturated heterocycles. The average Bonchev–Trinajstić information content (AvgIpc) is 2.64. The van der Waals surface area contributed by atoms with Crippen LogP contribution in [-0.4, -0.2) is 79.3 Å². The molecule has 2 aliphatic heterocycles. The van der Waals surface area contributed by atoms with Gasteiger partial charge in [0.1, 0.15) is 5.71 Å². The standard InChI is InChI=1S/C19H26N4O3/c1-21-11-12-26-16(18(21)14-7-5-4-6-8-14)13-22(2)19(25)15-9-10-17(24)23(3)20-15/h4-8,16,18H,9-13H2,1-3H3/t16-,18-/m0/s1. The highest BCUT2D eigenvalue weighted by Crippen LogP contribution is 2.28. The summed E-state index contributed by atoms with van der Waals surface area (Å²) in [7, 11) is 5.43. The van der Waals surface area contributed by atoms with Crippen LogP contribution >= 0.6 is 0 Å². The maximum absolute atomic E-state index is 12.7. The van der Waals surface area contributed by atoms with Gasteiger partial charge in [0.15, 0.2) is 0 Å². The maximum Gasteiger partial charge on any atom is 0.269 e. The lowest BCUT2D eigenvalue weighted by atomic mass is 9.98. The van der Waals surface area contributed by atoms with Gasteiger partial charge in [-0.15, -0.1) is 0 Å². The SMILES string of the molecule is CN(C[C@@H]1OCCN(C)[C@H]1c1ccccc1)C(=O)C1=NN(C)C(=O)CC1. The first kappa shape index (κ1) is 18.5. The second kappa shape index (κ2) is 7.97. The van der Waals surface area contributed by atoms with Gasteiger partial charge in [-0.2, -0.15) is 5.10 Å². The Kier molecular flexibility index (Phi) is 5.68. The number of amides is 2. The fourth-order valence-electron chi connectivity index (χ4n) is 3.53. The van der Waals surface area contributed by atoms with Gasteiger partial charge in [0, 0.05) is 40.0 Å². The highest BCUT2D eigenvalue weighted by atomic mass is 16.5. The summed E-state index contributed by atoms with van der Waals surface area (Å²) in [5.41, 5.74) is 1.61. The van der Waals surface area contributed by atoms with Crippen molar-refractivity contribution in [3.63, 3.8) is 0 Å². The van der Waals surface area contributed by atoms with E-state index in [9.17, 15) is 9.59 Å². The van der Waals surface area contributed by atoms with Gasteiger partial charge in [-0.05, 0) is 12.6 Å². The molecule has 1 aromatic carbocycles. The Hall–Kier alpha value is -2.25. The Labute approximate surface area is 154 Å². The lowest BCUT2D eigenvalue weighted by Gasteiger charge is -2.41. The molecule has 0 aliphatic carbocycles. The minimum absolute atomic E-state index is 0.0643. The summed E-state index contributed by atoms with van der Waals surface area (Å²) in [5, 5.41) is 5.38. The Balaban J connectivity index is 1.72. The molecular weight excluding hydrogens is 332 g/mol. The van der Waals surface area contributed by atoms with E-state index in [1.54, 1.807) is 19.0 Å². The Morgan fingerprint density at radius 1 is 1.27 bits per heavy atom. The summed E-state index contributed by atoms with van der Waals surface area (Å²) < 4.78 is 6.02. The molecule has 7 nitrogen and oxygen atoms in total. The zero-order valence-corrected chi connectivity index (χ0v) is 15.6. The van der Waals surface area contributed by atoms with E-state index in [0.717, 1.165) is 6.54 Å². The molecule has 0 bridgehead atoms. The average molecular weight is 358 g/mol. The first-order valence-electron chi connectivity index (χ1n) is 8.93. The molecule has 3 rings (SSSR count). The summed E-state index contributed by atoms with van der Waals surface area (Å²) in [4.78, 5) is 28.2. The zero-order valence-electron chi connectivity index (χ0n) is 15.6. The number of nitrogens with zero attached hydrogens (tertiary/aromatic N) is 4. The molecule has 0 radical (unpaired) electrons. The van der Waals surface area contributed by atoms with Gasteiger partial charge in [-0.1, -0.05) is 30.3 Å².